The molecule has 0 saturated carbocycles. The molecule has 0 amide bonds. The molecule has 0 spiro atoms. The van der Waals surface area contributed by atoms with E-state index in [1.165, 1.54) is 103 Å². The first-order valence-corrected chi connectivity index (χ1v) is 26.7. The number of hydrogen-bond donors (Lipinski definition) is 1. The summed E-state index contributed by atoms with van der Waals surface area (Å²) in [5, 5.41) is 25.4. The zero-order chi connectivity index (χ0) is 48.0. The zero-order valence-corrected chi connectivity index (χ0v) is 41.2. The third-order valence-electron chi connectivity index (χ3n) is 16.0. The van der Waals surface area contributed by atoms with E-state index in [9.17, 15) is 14.9 Å². The molecule has 9 nitrogen and oxygen atoms in total. The van der Waals surface area contributed by atoms with Gasteiger partial charge in [0.25, 0.3) is 11.2 Å². The number of nitro benzene ring substituents is 1. The number of rotatable bonds is 23. The van der Waals surface area contributed by atoms with E-state index in [4.69, 9.17) is 15.7 Å². The molecule has 4 heterocycles. The van der Waals surface area contributed by atoms with Crippen LogP contribution in [0.15, 0.2) is 77.6 Å². The number of benzene rings is 7. The summed E-state index contributed by atoms with van der Waals surface area (Å²) in [6, 6.07) is 24.9. The van der Waals surface area contributed by atoms with Crippen molar-refractivity contribution in [3.8, 4) is 0 Å². The molecule has 0 saturated heterocycles. The number of nitrogen functional groups attached to an aromatic ring is 1. The molecule has 0 aliphatic rings. The molecule has 0 aliphatic carbocycles. The van der Waals surface area contributed by atoms with Crippen molar-refractivity contribution in [3.05, 3.63) is 110 Å². The van der Waals surface area contributed by atoms with Crippen LogP contribution in [-0.4, -0.2) is 23.7 Å². The first-order valence-electron chi connectivity index (χ1n) is 26.7. The molecule has 0 radical (unpaired) electrons. The van der Waals surface area contributed by atoms with Gasteiger partial charge >= 0.3 is 0 Å². The topological polar surface area (TPSA) is 121 Å². The van der Waals surface area contributed by atoms with Crippen LogP contribution >= 0.6 is 0 Å². The van der Waals surface area contributed by atoms with Crippen molar-refractivity contribution < 1.29 is 4.92 Å². The lowest BCUT2D eigenvalue weighted by Crippen LogP contribution is -2.14. The number of pyridine rings is 2. The Balaban J connectivity index is 0.947. The van der Waals surface area contributed by atoms with Crippen molar-refractivity contribution in [2.75, 3.05) is 5.73 Å². The van der Waals surface area contributed by atoms with E-state index in [1.807, 2.05) is 22.6 Å². The van der Waals surface area contributed by atoms with Crippen LogP contribution in [0, 0.1) is 10.1 Å². The number of nitrogens with two attached hydrogens (primary N) is 1. The molecular weight excluding hydrogens is 865 g/mol. The molecule has 0 atom stereocenters. The quantitative estimate of drug-likeness (QED) is 0.0170. The highest BCUT2D eigenvalue weighted by Crippen LogP contribution is 2.46. The molecule has 11 rings (SSSR count). The van der Waals surface area contributed by atoms with Gasteiger partial charge in [0.05, 0.1) is 27.0 Å². The van der Waals surface area contributed by atoms with Crippen molar-refractivity contribution >= 4 is 116 Å². The molecule has 0 aliphatic heterocycles. The van der Waals surface area contributed by atoms with Crippen LogP contribution in [0.5, 0.6) is 0 Å². The van der Waals surface area contributed by atoms with Crippen molar-refractivity contribution in [1.29, 1.82) is 0 Å². The number of unbranched alkanes of at least 4 members (excludes halogenated alkanes) is 18. The first kappa shape index (κ1) is 45.8. The second-order valence-electron chi connectivity index (χ2n) is 20.6. The fourth-order valence-electron chi connectivity index (χ4n) is 12.3. The van der Waals surface area contributed by atoms with E-state index >= 15 is 0 Å². The maximum Gasteiger partial charge on any atom is 0.274 e. The summed E-state index contributed by atoms with van der Waals surface area (Å²) >= 11 is 0. The van der Waals surface area contributed by atoms with Crippen LogP contribution in [0.4, 0.5) is 11.4 Å². The normalized spacial score (nSPS) is 12.5. The van der Waals surface area contributed by atoms with E-state index in [0.717, 1.165) is 136 Å². The second kappa shape index (κ2) is 19.3. The lowest BCUT2D eigenvalue weighted by Gasteiger charge is -2.18. The zero-order valence-electron chi connectivity index (χ0n) is 41.2. The molecule has 0 bridgehead atoms. The van der Waals surface area contributed by atoms with Crippen LogP contribution in [0.3, 0.4) is 0 Å². The van der Waals surface area contributed by atoms with Crippen LogP contribution in [-0.2, 0) is 12.8 Å². The molecule has 4 aromatic heterocycles. The molecule has 358 valence electrons. The van der Waals surface area contributed by atoms with E-state index in [0.29, 0.717) is 23.0 Å². The molecule has 11 aromatic rings. The number of fused-ring (bicyclic) bond motifs is 10. The van der Waals surface area contributed by atoms with Crippen LogP contribution in [0.1, 0.15) is 153 Å². The number of aryl methyl sites for hydroxylation is 2. The summed E-state index contributed by atoms with van der Waals surface area (Å²) in [5.41, 5.74) is 13.7. The fraction of sp³-hybridized carbons (Fsp3) is 0.393. The van der Waals surface area contributed by atoms with Gasteiger partial charge in [0.15, 0.2) is 0 Å². The Bertz CT molecular complexity index is 3850. The Kier molecular flexibility index (Phi) is 12.6. The molecule has 0 unspecified atom stereocenters. The average molecular weight is 931 g/mol. The predicted molar refractivity (Wildman–Crippen MR) is 296 cm³/mol. The highest BCUT2D eigenvalue weighted by Gasteiger charge is 2.25. The Labute approximate surface area is 408 Å². The van der Waals surface area contributed by atoms with Crippen LogP contribution in [0.25, 0.3) is 105 Å². The lowest BCUT2D eigenvalue weighted by molar-refractivity contribution is -0.385. The summed E-state index contributed by atoms with van der Waals surface area (Å²) in [4.78, 5) is 37.3. The highest BCUT2D eigenvalue weighted by molar-refractivity contribution is 6.40. The summed E-state index contributed by atoms with van der Waals surface area (Å²) in [5.74, 6) is 0. The van der Waals surface area contributed by atoms with E-state index in [-0.39, 0.29) is 16.2 Å². The average Bonchev–Trinajstić information content (AvgIpc) is 3.93. The molecule has 9 heteroatoms. The van der Waals surface area contributed by atoms with Gasteiger partial charge in [-0.05, 0) is 100.0 Å². The summed E-state index contributed by atoms with van der Waals surface area (Å²) < 4.78 is 3.92. The standard InChI is InChI=1S/C61H66N6O3/c1-4-6-8-10-12-14-16-18-20-22-24-39-34-54-50(36-49(39)62)63-60-47-32-29-44-42-27-26-41-38(3)65-53-35-40(25-23-21-19-17-15-13-11-9-7-5-2)52(67(69)70)37-51(53)64-59(65)46-31-28-43(56(42)55(41)46)45-30-33-48(58(47)57(44)45)61(68)66(54)60/h26-37H,3-25,62H2,1-2H3. The maximum atomic E-state index is 14.8. The second-order valence-corrected chi connectivity index (χ2v) is 20.6. The Morgan fingerprint density at radius 3 is 1.41 bits per heavy atom. The van der Waals surface area contributed by atoms with Crippen molar-refractivity contribution in [2.24, 2.45) is 0 Å². The molecule has 0 fully saturated rings. The van der Waals surface area contributed by atoms with Crippen molar-refractivity contribution in [2.45, 2.75) is 155 Å². The van der Waals surface area contributed by atoms with Crippen LogP contribution < -0.4 is 16.6 Å². The molecule has 7 aromatic carbocycles. The largest absolute Gasteiger partial charge is 0.398 e. The Morgan fingerprint density at radius 2 is 0.886 bits per heavy atom. The van der Waals surface area contributed by atoms with Crippen molar-refractivity contribution in [3.63, 3.8) is 0 Å². The summed E-state index contributed by atoms with van der Waals surface area (Å²) in [6.07, 6.45) is 26.5. The third-order valence-corrected chi connectivity index (χ3v) is 16.0. The van der Waals surface area contributed by atoms with E-state index in [2.05, 4.69) is 73.4 Å². The van der Waals surface area contributed by atoms with Gasteiger partial charge in [-0.25, -0.2) is 9.97 Å². The van der Waals surface area contributed by atoms with Gasteiger partial charge in [-0.2, -0.15) is 0 Å². The van der Waals surface area contributed by atoms with Gasteiger partial charge in [-0.1, -0.05) is 166 Å². The monoisotopic (exact) mass is 931 g/mol. The predicted octanol–water partition coefficient (Wildman–Crippen LogP) is 16.0. The number of aromatic nitrogens is 4. The van der Waals surface area contributed by atoms with Crippen molar-refractivity contribution in [1.82, 2.24) is 18.8 Å². The minimum Gasteiger partial charge on any atom is -0.398 e. The number of imidazole rings is 2. The minimum atomic E-state index is -0.248. The maximum absolute atomic E-state index is 14.8. The lowest BCUT2D eigenvalue weighted by atomic mass is 9.86. The SMILES string of the molecule is C=c1c2ccc3c4ccc5c6c(ccc(c7ccc(c2c73)c2nc3cc([N+](=O)[O-])c(CCCCCCCCCCCC)cc3n12)c46)c(=O)n1c2cc(CCCCCCCCCCCC)c(N)cc2nc51. The van der Waals surface area contributed by atoms with E-state index in [1.54, 1.807) is 6.07 Å². The van der Waals surface area contributed by atoms with Gasteiger partial charge in [-0.15, -0.1) is 0 Å². The Hall–Kier alpha value is -6.61. The van der Waals surface area contributed by atoms with Gasteiger partial charge in [-0.3, -0.25) is 23.7 Å². The first-order chi connectivity index (χ1) is 34.3. The van der Waals surface area contributed by atoms with Gasteiger partial charge in [0.1, 0.15) is 11.3 Å². The number of hydrogen-bond acceptors (Lipinski definition) is 6. The summed E-state index contributed by atoms with van der Waals surface area (Å²) in [6.45, 7) is 9.19. The Morgan fingerprint density at radius 1 is 0.500 bits per heavy atom. The fourth-order valence-corrected chi connectivity index (χ4v) is 12.3. The smallest absolute Gasteiger partial charge is 0.274 e. The highest BCUT2D eigenvalue weighted by atomic mass is 16.6. The van der Waals surface area contributed by atoms with E-state index < -0.39 is 0 Å². The van der Waals surface area contributed by atoms with Gasteiger partial charge in [0.2, 0.25) is 0 Å². The molecule has 70 heavy (non-hydrogen) atoms. The number of nitrogens with zero attached hydrogens (tertiary/aromatic N) is 5. The van der Waals surface area contributed by atoms with Gasteiger partial charge < -0.3 is 5.73 Å². The third kappa shape index (κ3) is 7.80. The summed E-state index contributed by atoms with van der Waals surface area (Å²) in [7, 11) is 0. The van der Waals surface area contributed by atoms with Gasteiger partial charge in [0, 0.05) is 55.0 Å². The minimum absolute atomic E-state index is 0.0681. The van der Waals surface area contributed by atoms with Crippen LogP contribution in [0.2, 0.25) is 0 Å². The number of anilines is 1. The molecule has 2 N–H and O–H groups in total. The number of nitro groups is 1. The molecular formula is C61H66N6O3.